The smallest absolute Gasteiger partial charge is 0.462 e. The van der Waals surface area contributed by atoms with Gasteiger partial charge in [-0.1, -0.05) is 0 Å². The van der Waals surface area contributed by atoms with Crippen molar-refractivity contribution < 1.29 is 27.5 Å². The molecule has 4 nitrogen and oxygen atoms in total. The van der Waals surface area contributed by atoms with Crippen LogP contribution in [-0.4, -0.2) is 31.7 Å². The highest BCUT2D eigenvalue weighted by Crippen LogP contribution is 2.41. The second-order valence-electron chi connectivity index (χ2n) is 4.97. The molecule has 1 heterocycles. The number of fused-ring (bicyclic) bond motifs is 1. The molecule has 0 spiro atoms. The Morgan fingerprint density at radius 2 is 1.91 bits per heavy atom. The monoisotopic (exact) mass is 335 g/mol. The van der Waals surface area contributed by atoms with Crippen LogP contribution in [-0.2, 0) is 22.4 Å². The van der Waals surface area contributed by atoms with Gasteiger partial charge in [0.05, 0.1) is 12.2 Å². The topological polar surface area (TPSA) is 46.6 Å². The molecule has 8 heteroatoms. The molecule has 122 valence electrons. The maximum atomic E-state index is 12.6. The van der Waals surface area contributed by atoms with Gasteiger partial charge in [-0.2, -0.15) is 13.2 Å². The quantitative estimate of drug-likeness (QED) is 0.796. The minimum absolute atomic E-state index is 0.0210. The number of rotatable bonds is 3. The number of amides is 1. The highest BCUT2D eigenvalue weighted by Gasteiger charge is 2.43. The number of thiophene rings is 1. The lowest BCUT2D eigenvalue weighted by atomic mass is 9.95. The molecule has 1 amide bonds. The van der Waals surface area contributed by atoms with Crippen molar-refractivity contribution in [1.82, 2.24) is 0 Å². The molecular formula is C14H16F3NO3S. The third-order valence-electron chi connectivity index (χ3n) is 3.48. The maximum absolute atomic E-state index is 12.6. The summed E-state index contributed by atoms with van der Waals surface area (Å²) in [5.41, 5.74) is 0.841. The Morgan fingerprint density at radius 1 is 1.27 bits per heavy atom. The largest absolute Gasteiger partial charge is 0.471 e. The molecular weight excluding hydrogens is 319 g/mol. The lowest BCUT2D eigenvalue weighted by Gasteiger charge is -2.18. The van der Waals surface area contributed by atoms with Crippen LogP contribution in [0.3, 0.4) is 0 Å². The molecule has 1 aromatic heterocycles. The molecule has 1 aromatic rings. The Hall–Kier alpha value is -1.57. The maximum Gasteiger partial charge on any atom is 0.471 e. The van der Waals surface area contributed by atoms with E-state index in [0.29, 0.717) is 17.7 Å². The normalized spacial score (nSPS) is 14.4. The minimum atomic E-state index is -4.98. The van der Waals surface area contributed by atoms with Crippen LogP contribution in [0, 0.1) is 0 Å². The van der Waals surface area contributed by atoms with Gasteiger partial charge in [0.1, 0.15) is 5.00 Å². The van der Waals surface area contributed by atoms with Gasteiger partial charge in [-0.3, -0.25) is 9.69 Å². The first-order valence-electron chi connectivity index (χ1n) is 6.93. The van der Waals surface area contributed by atoms with E-state index in [1.165, 1.54) is 0 Å². The van der Waals surface area contributed by atoms with E-state index in [9.17, 15) is 22.8 Å². The van der Waals surface area contributed by atoms with E-state index in [4.69, 9.17) is 4.74 Å². The summed E-state index contributed by atoms with van der Waals surface area (Å²) in [4.78, 5) is 25.0. The van der Waals surface area contributed by atoms with E-state index in [1.807, 2.05) is 0 Å². The van der Waals surface area contributed by atoms with Crippen LogP contribution in [0.1, 0.15) is 40.6 Å². The number of anilines is 1. The zero-order chi connectivity index (χ0) is 16.5. The summed E-state index contributed by atoms with van der Waals surface area (Å²) in [6.07, 6.45) is -1.86. The Bertz CT molecular complexity index is 595. The highest BCUT2D eigenvalue weighted by molar-refractivity contribution is 7.17. The van der Waals surface area contributed by atoms with Gasteiger partial charge in [-0.25, -0.2) is 4.79 Å². The molecule has 1 aliphatic carbocycles. The lowest BCUT2D eigenvalue weighted by molar-refractivity contribution is -0.170. The van der Waals surface area contributed by atoms with Gasteiger partial charge < -0.3 is 4.74 Å². The van der Waals surface area contributed by atoms with Gasteiger partial charge in [0, 0.05) is 11.9 Å². The molecule has 1 aliphatic rings. The fourth-order valence-electron chi connectivity index (χ4n) is 2.48. The molecule has 22 heavy (non-hydrogen) atoms. The van der Waals surface area contributed by atoms with Crippen molar-refractivity contribution >= 4 is 28.2 Å². The standard InChI is InChI=1S/C14H16F3NO3S/c1-3-21-12(19)10-8-6-4-5-7-9(8)22-11(10)18(2)13(20)14(15,16)17/h3-7H2,1-2H3. The zero-order valence-electron chi connectivity index (χ0n) is 12.2. The van der Waals surface area contributed by atoms with Crippen molar-refractivity contribution in [3.05, 3.63) is 16.0 Å². The summed E-state index contributed by atoms with van der Waals surface area (Å²) in [5.74, 6) is -2.66. The molecule has 0 aliphatic heterocycles. The summed E-state index contributed by atoms with van der Waals surface area (Å²) in [6.45, 7) is 1.75. The van der Waals surface area contributed by atoms with Crippen LogP contribution in [0.25, 0.3) is 0 Å². The van der Waals surface area contributed by atoms with Crippen molar-refractivity contribution in [3.63, 3.8) is 0 Å². The molecule has 0 radical (unpaired) electrons. The zero-order valence-corrected chi connectivity index (χ0v) is 13.1. The molecule has 0 N–H and O–H groups in total. The van der Waals surface area contributed by atoms with Gasteiger partial charge >= 0.3 is 18.1 Å². The molecule has 0 atom stereocenters. The van der Waals surface area contributed by atoms with E-state index in [2.05, 4.69) is 0 Å². The number of ether oxygens (including phenoxy) is 1. The third kappa shape index (κ3) is 3.11. The van der Waals surface area contributed by atoms with Crippen LogP contribution in [0.2, 0.25) is 0 Å². The van der Waals surface area contributed by atoms with E-state index < -0.39 is 18.1 Å². The van der Waals surface area contributed by atoms with Crippen molar-refractivity contribution in [3.8, 4) is 0 Å². The number of halogens is 3. The van der Waals surface area contributed by atoms with Crippen LogP contribution in [0.5, 0.6) is 0 Å². The SMILES string of the molecule is CCOC(=O)c1c(N(C)C(=O)C(F)(F)F)sc2c1CCCC2. The van der Waals surface area contributed by atoms with E-state index in [1.54, 1.807) is 6.92 Å². The first-order chi connectivity index (χ1) is 10.3. The summed E-state index contributed by atoms with van der Waals surface area (Å²) in [6, 6.07) is 0. The number of hydrogen-bond acceptors (Lipinski definition) is 4. The second-order valence-corrected chi connectivity index (χ2v) is 6.06. The predicted octanol–water partition coefficient (Wildman–Crippen LogP) is 3.33. The van der Waals surface area contributed by atoms with Crippen molar-refractivity contribution in [2.75, 3.05) is 18.6 Å². The van der Waals surface area contributed by atoms with Gasteiger partial charge in [-0.05, 0) is 38.2 Å². The summed E-state index contributed by atoms with van der Waals surface area (Å²) >= 11 is 1.07. The number of hydrogen-bond donors (Lipinski definition) is 0. The summed E-state index contributed by atoms with van der Waals surface area (Å²) < 4.78 is 42.9. The fourth-order valence-corrected chi connectivity index (χ4v) is 3.82. The molecule has 0 fully saturated rings. The average Bonchev–Trinajstić information content (AvgIpc) is 2.84. The van der Waals surface area contributed by atoms with Crippen molar-refractivity contribution in [2.45, 2.75) is 38.8 Å². The number of nitrogens with zero attached hydrogens (tertiary/aromatic N) is 1. The van der Waals surface area contributed by atoms with E-state index in [0.717, 1.165) is 41.7 Å². The molecule has 0 saturated heterocycles. The molecule has 2 rings (SSSR count). The molecule has 0 unspecified atom stereocenters. The van der Waals surface area contributed by atoms with E-state index in [-0.39, 0.29) is 17.2 Å². The average molecular weight is 335 g/mol. The van der Waals surface area contributed by atoms with Gasteiger partial charge in [0.15, 0.2) is 0 Å². The fraction of sp³-hybridized carbons (Fsp3) is 0.571. The molecule has 0 saturated carbocycles. The summed E-state index contributed by atoms with van der Waals surface area (Å²) in [5, 5.41) is 0.0210. The first-order valence-corrected chi connectivity index (χ1v) is 7.75. The Labute approximate surface area is 129 Å². The summed E-state index contributed by atoms with van der Waals surface area (Å²) in [7, 11) is 1.04. The lowest BCUT2D eigenvalue weighted by Crippen LogP contribution is -2.38. The van der Waals surface area contributed by atoms with Crippen LogP contribution in [0.15, 0.2) is 0 Å². The van der Waals surface area contributed by atoms with E-state index >= 15 is 0 Å². The predicted molar refractivity (Wildman–Crippen MR) is 76.4 cm³/mol. The highest BCUT2D eigenvalue weighted by atomic mass is 32.1. The minimum Gasteiger partial charge on any atom is -0.462 e. The van der Waals surface area contributed by atoms with Gasteiger partial charge in [0.2, 0.25) is 0 Å². The Balaban J connectivity index is 2.48. The third-order valence-corrected chi connectivity index (χ3v) is 4.85. The molecule has 0 aromatic carbocycles. The number of carbonyl (C=O) groups excluding carboxylic acids is 2. The van der Waals surface area contributed by atoms with Crippen molar-refractivity contribution in [1.29, 1.82) is 0 Å². The number of esters is 1. The van der Waals surface area contributed by atoms with Crippen LogP contribution in [0.4, 0.5) is 18.2 Å². The number of carbonyl (C=O) groups is 2. The Kier molecular flexibility index (Phi) is 4.79. The molecule has 0 bridgehead atoms. The Morgan fingerprint density at radius 3 is 2.50 bits per heavy atom. The number of aryl methyl sites for hydroxylation is 1. The van der Waals surface area contributed by atoms with Crippen LogP contribution >= 0.6 is 11.3 Å². The van der Waals surface area contributed by atoms with Crippen molar-refractivity contribution in [2.24, 2.45) is 0 Å². The first kappa shape index (κ1) is 16.8. The van der Waals surface area contributed by atoms with Gasteiger partial charge in [-0.15, -0.1) is 11.3 Å². The number of alkyl halides is 3. The van der Waals surface area contributed by atoms with Crippen LogP contribution < -0.4 is 4.90 Å². The second kappa shape index (κ2) is 6.28. The van der Waals surface area contributed by atoms with Gasteiger partial charge in [0.25, 0.3) is 0 Å².